The summed E-state index contributed by atoms with van der Waals surface area (Å²) < 4.78 is 42.8. The first-order chi connectivity index (χ1) is 3.63. The normalized spacial score (nSPS) is 14.5. The largest absolute Gasteiger partial charge is 0.302 e. The molecule has 0 aliphatic carbocycles. The van der Waals surface area contributed by atoms with Crippen molar-refractivity contribution in [1.82, 2.24) is 0 Å². The predicted octanol–water partition coefficient (Wildman–Crippen LogP) is 0.405. The minimum atomic E-state index is -2.69. The van der Waals surface area contributed by atoms with Crippen molar-refractivity contribution in [1.29, 1.82) is 0 Å². The molecule has 1 atom stereocenters. The van der Waals surface area contributed by atoms with E-state index in [1.807, 2.05) is 0 Å². The van der Waals surface area contributed by atoms with Gasteiger partial charge in [-0.15, -0.1) is 0 Å². The van der Waals surface area contributed by atoms with E-state index in [1.165, 1.54) is 0 Å². The molecule has 8 heavy (non-hydrogen) atoms. The molecular formula is C2H4F2O3S. The summed E-state index contributed by atoms with van der Waals surface area (Å²) in [6, 6.07) is 0. The summed E-state index contributed by atoms with van der Waals surface area (Å²) in [5, 5.41) is 0. The van der Waals surface area contributed by atoms with E-state index < -0.39 is 24.4 Å². The number of rotatable bonds is 3. The molecule has 0 radical (unpaired) electrons. The molecule has 0 fully saturated rings. The summed E-state index contributed by atoms with van der Waals surface area (Å²) in [6.45, 7) is -0.997. The van der Waals surface area contributed by atoms with E-state index in [2.05, 4.69) is 4.18 Å². The summed E-state index contributed by atoms with van der Waals surface area (Å²) in [5.74, 6) is 0. The van der Waals surface area contributed by atoms with Crippen LogP contribution in [0.2, 0.25) is 0 Å². The van der Waals surface area contributed by atoms with E-state index in [4.69, 9.17) is 4.55 Å². The van der Waals surface area contributed by atoms with Crippen LogP contribution in [0.25, 0.3) is 0 Å². The number of halogens is 2. The molecule has 0 amide bonds. The van der Waals surface area contributed by atoms with Gasteiger partial charge in [-0.1, -0.05) is 0 Å². The second kappa shape index (κ2) is 3.88. The number of hydrogen-bond acceptors (Lipinski definition) is 2. The van der Waals surface area contributed by atoms with Gasteiger partial charge in [-0.25, -0.2) is 8.78 Å². The van der Waals surface area contributed by atoms with Crippen molar-refractivity contribution in [2.24, 2.45) is 0 Å². The SMILES string of the molecule is O=S(O)OCC(F)F. The van der Waals surface area contributed by atoms with Crippen LogP contribution in [0.4, 0.5) is 8.78 Å². The zero-order valence-electron chi connectivity index (χ0n) is 3.71. The fourth-order valence-corrected chi connectivity index (χ4v) is 0.329. The van der Waals surface area contributed by atoms with Gasteiger partial charge in [-0.3, -0.25) is 8.74 Å². The third kappa shape index (κ3) is 5.93. The van der Waals surface area contributed by atoms with Crippen LogP contribution in [0.15, 0.2) is 0 Å². The molecule has 1 unspecified atom stereocenters. The molecule has 0 aliphatic rings. The average Bonchev–Trinajstić information content (AvgIpc) is 1.61. The highest BCUT2D eigenvalue weighted by Crippen LogP contribution is 1.92. The van der Waals surface area contributed by atoms with E-state index in [9.17, 15) is 13.0 Å². The molecule has 6 heteroatoms. The minimum Gasteiger partial charge on any atom is -0.284 e. The van der Waals surface area contributed by atoms with Crippen molar-refractivity contribution in [2.45, 2.75) is 6.43 Å². The molecule has 3 nitrogen and oxygen atoms in total. The lowest BCUT2D eigenvalue weighted by Crippen LogP contribution is -2.05. The van der Waals surface area contributed by atoms with Crippen LogP contribution in [0, 0.1) is 0 Å². The summed E-state index contributed by atoms with van der Waals surface area (Å²) in [6.07, 6.45) is -2.69. The minimum absolute atomic E-state index is 0.997. The Labute approximate surface area is 47.1 Å². The van der Waals surface area contributed by atoms with Crippen molar-refractivity contribution in [3.05, 3.63) is 0 Å². The first-order valence-corrected chi connectivity index (χ1v) is 2.68. The second-order valence-electron chi connectivity index (χ2n) is 0.893. The van der Waals surface area contributed by atoms with Gasteiger partial charge in [0.25, 0.3) is 6.43 Å². The zero-order valence-corrected chi connectivity index (χ0v) is 4.53. The first kappa shape index (κ1) is 7.93. The lowest BCUT2D eigenvalue weighted by molar-refractivity contribution is 0.0838. The Balaban J connectivity index is 3.05. The Morgan fingerprint density at radius 1 is 1.75 bits per heavy atom. The van der Waals surface area contributed by atoms with Gasteiger partial charge in [0.05, 0.1) is 0 Å². The van der Waals surface area contributed by atoms with Crippen LogP contribution >= 0.6 is 0 Å². The molecule has 0 saturated heterocycles. The van der Waals surface area contributed by atoms with Crippen molar-refractivity contribution >= 4 is 11.4 Å². The Bertz CT molecular complexity index is 85.4. The van der Waals surface area contributed by atoms with Crippen LogP contribution in [0.1, 0.15) is 0 Å². The molecule has 0 saturated carbocycles. The molecule has 0 heterocycles. The highest BCUT2D eigenvalue weighted by Gasteiger charge is 2.03. The van der Waals surface area contributed by atoms with Gasteiger partial charge >= 0.3 is 11.4 Å². The molecule has 0 aromatic carbocycles. The molecule has 0 aromatic rings. The third-order valence-corrected chi connectivity index (χ3v) is 0.633. The maximum Gasteiger partial charge on any atom is 0.302 e. The predicted molar refractivity (Wildman–Crippen MR) is 22.7 cm³/mol. The lowest BCUT2D eigenvalue weighted by atomic mass is 10.8. The molecule has 0 rings (SSSR count). The molecule has 0 aliphatic heterocycles. The van der Waals surface area contributed by atoms with E-state index in [0.29, 0.717) is 0 Å². The zero-order chi connectivity index (χ0) is 6.57. The van der Waals surface area contributed by atoms with Gasteiger partial charge in [0.1, 0.15) is 6.61 Å². The summed E-state index contributed by atoms with van der Waals surface area (Å²) >= 11 is -2.57. The van der Waals surface area contributed by atoms with E-state index in [0.717, 1.165) is 0 Å². The summed E-state index contributed by atoms with van der Waals surface area (Å²) in [7, 11) is 0. The maximum atomic E-state index is 11.0. The Morgan fingerprint density at radius 3 is 2.38 bits per heavy atom. The van der Waals surface area contributed by atoms with Crippen LogP contribution in [0.3, 0.4) is 0 Å². The lowest BCUT2D eigenvalue weighted by Gasteiger charge is -1.93. The average molecular weight is 146 g/mol. The topological polar surface area (TPSA) is 46.5 Å². The molecular weight excluding hydrogens is 142 g/mol. The highest BCUT2D eigenvalue weighted by atomic mass is 32.2. The number of alkyl halides is 2. The number of hydrogen-bond donors (Lipinski definition) is 1. The molecule has 1 N–H and O–H groups in total. The maximum absolute atomic E-state index is 11.0. The third-order valence-electron chi connectivity index (χ3n) is 0.295. The van der Waals surface area contributed by atoms with Crippen molar-refractivity contribution in [3.63, 3.8) is 0 Å². The standard InChI is InChI=1S/C2H4F2O3S/c3-2(4)1-7-8(5)6/h2H,1H2,(H,5,6). The Morgan fingerprint density at radius 2 is 2.25 bits per heavy atom. The molecule has 0 spiro atoms. The van der Waals surface area contributed by atoms with E-state index in [-0.39, 0.29) is 0 Å². The highest BCUT2D eigenvalue weighted by molar-refractivity contribution is 7.74. The van der Waals surface area contributed by atoms with Gasteiger partial charge < -0.3 is 0 Å². The van der Waals surface area contributed by atoms with Gasteiger partial charge in [0.15, 0.2) is 0 Å². The fourth-order valence-electron chi connectivity index (χ4n) is 0.110. The second-order valence-corrected chi connectivity index (χ2v) is 1.56. The monoisotopic (exact) mass is 146 g/mol. The summed E-state index contributed by atoms with van der Waals surface area (Å²) in [5.41, 5.74) is 0. The summed E-state index contributed by atoms with van der Waals surface area (Å²) in [4.78, 5) is 0. The first-order valence-electron chi connectivity index (χ1n) is 1.65. The van der Waals surface area contributed by atoms with Gasteiger partial charge in [-0.05, 0) is 0 Å². The van der Waals surface area contributed by atoms with Crippen molar-refractivity contribution < 1.29 is 21.7 Å². The Kier molecular flexibility index (Phi) is 3.84. The van der Waals surface area contributed by atoms with E-state index >= 15 is 0 Å². The van der Waals surface area contributed by atoms with Gasteiger partial charge in [0, 0.05) is 0 Å². The quantitative estimate of drug-likeness (QED) is 0.586. The smallest absolute Gasteiger partial charge is 0.284 e. The van der Waals surface area contributed by atoms with Gasteiger partial charge in [0.2, 0.25) is 0 Å². The van der Waals surface area contributed by atoms with Crippen LogP contribution < -0.4 is 0 Å². The molecule has 0 aromatic heterocycles. The molecule has 0 bridgehead atoms. The van der Waals surface area contributed by atoms with Crippen molar-refractivity contribution in [3.8, 4) is 0 Å². The van der Waals surface area contributed by atoms with Gasteiger partial charge in [-0.2, -0.15) is 4.21 Å². The van der Waals surface area contributed by atoms with Crippen molar-refractivity contribution in [2.75, 3.05) is 6.61 Å². The van der Waals surface area contributed by atoms with E-state index in [1.54, 1.807) is 0 Å². The Hall–Kier alpha value is -0.0700. The fraction of sp³-hybridized carbons (Fsp3) is 1.00. The molecule has 50 valence electrons. The van der Waals surface area contributed by atoms with Crippen LogP contribution in [0.5, 0.6) is 0 Å². The van der Waals surface area contributed by atoms with Crippen LogP contribution in [-0.4, -0.2) is 21.8 Å². The van der Waals surface area contributed by atoms with Crippen LogP contribution in [-0.2, 0) is 15.5 Å².